The van der Waals surface area contributed by atoms with Gasteiger partial charge in [0.2, 0.25) is 0 Å². The highest BCUT2D eigenvalue weighted by molar-refractivity contribution is 5.91. The Balaban J connectivity index is 2.11. The van der Waals surface area contributed by atoms with Gasteiger partial charge in [-0.3, -0.25) is 10.1 Å². The molecule has 0 amide bonds. The van der Waals surface area contributed by atoms with E-state index < -0.39 is 16.5 Å². The molecule has 1 aromatic carbocycles. The molecule has 138 valence electrons. The molecule has 0 bridgehead atoms. The first kappa shape index (κ1) is 19.2. The molecule has 0 aromatic heterocycles. The SMILES string of the molecule is CCOC(=O)c1ccc(NCC(O)(CC)CC2CCC2)c([N+](=O)[O-])c1. The van der Waals surface area contributed by atoms with Crippen molar-refractivity contribution in [3.05, 3.63) is 33.9 Å². The molecule has 7 heteroatoms. The van der Waals surface area contributed by atoms with Gasteiger partial charge in [-0.25, -0.2) is 4.79 Å². The van der Waals surface area contributed by atoms with Gasteiger partial charge in [0, 0.05) is 12.6 Å². The third-order valence-electron chi connectivity index (χ3n) is 4.86. The number of rotatable bonds is 9. The first-order chi connectivity index (χ1) is 11.9. The van der Waals surface area contributed by atoms with Crippen LogP contribution < -0.4 is 5.32 Å². The molecule has 1 fully saturated rings. The van der Waals surface area contributed by atoms with Gasteiger partial charge in [0.05, 0.1) is 22.7 Å². The number of carbonyl (C=O) groups is 1. The van der Waals surface area contributed by atoms with Crippen molar-refractivity contribution in [2.24, 2.45) is 5.92 Å². The van der Waals surface area contributed by atoms with Crippen LogP contribution in [-0.4, -0.2) is 34.8 Å². The molecule has 7 nitrogen and oxygen atoms in total. The van der Waals surface area contributed by atoms with Crippen LogP contribution in [0.1, 0.15) is 56.3 Å². The number of hydrogen-bond acceptors (Lipinski definition) is 6. The third-order valence-corrected chi connectivity index (χ3v) is 4.86. The van der Waals surface area contributed by atoms with E-state index in [1.165, 1.54) is 24.6 Å². The average molecular weight is 350 g/mol. The monoisotopic (exact) mass is 350 g/mol. The number of carbonyl (C=O) groups excluding carboxylic acids is 1. The molecule has 0 saturated heterocycles. The summed E-state index contributed by atoms with van der Waals surface area (Å²) in [6, 6.07) is 4.19. The molecule has 0 radical (unpaired) electrons. The Labute approximate surface area is 147 Å². The van der Waals surface area contributed by atoms with Gasteiger partial charge < -0.3 is 15.2 Å². The summed E-state index contributed by atoms with van der Waals surface area (Å²) in [6.45, 7) is 4.03. The molecule has 1 atom stereocenters. The van der Waals surface area contributed by atoms with Gasteiger partial charge in [0.1, 0.15) is 5.69 Å². The summed E-state index contributed by atoms with van der Waals surface area (Å²) < 4.78 is 4.87. The standard InChI is InChI=1S/C18H26N2O5/c1-3-18(22,11-13-6-5-7-13)12-19-15-9-8-14(17(21)25-4-2)10-16(15)20(23)24/h8-10,13,19,22H,3-7,11-12H2,1-2H3. The summed E-state index contributed by atoms with van der Waals surface area (Å²) in [5.41, 5.74) is -0.663. The Kier molecular flexibility index (Phi) is 6.36. The molecule has 1 aliphatic rings. The molecule has 1 unspecified atom stereocenters. The zero-order valence-corrected chi connectivity index (χ0v) is 14.8. The maximum absolute atomic E-state index is 11.7. The highest BCUT2D eigenvalue weighted by Gasteiger charge is 2.32. The quantitative estimate of drug-likeness (QED) is 0.401. The second kappa shape index (κ2) is 8.29. The average Bonchev–Trinajstić information content (AvgIpc) is 2.56. The summed E-state index contributed by atoms with van der Waals surface area (Å²) in [4.78, 5) is 22.5. The van der Waals surface area contributed by atoms with Crippen molar-refractivity contribution in [1.29, 1.82) is 0 Å². The highest BCUT2D eigenvalue weighted by Crippen LogP contribution is 2.35. The number of nitro groups is 1. The van der Waals surface area contributed by atoms with Gasteiger partial charge in [-0.2, -0.15) is 0 Å². The van der Waals surface area contributed by atoms with Crippen molar-refractivity contribution in [2.75, 3.05) is 18.5 Å². The number of nitrogens with zero attached hydrogens (tertiary/aromatic N) is 1. The lowest BCUT2D eigenvalue weighted by Crippen LogP contribution is -2.39. The Morgan fingerprint density at radius 3 is 2.68 bits per heavy atom. The van der Waals surface area contributed by atoms with E-state index in [1.807, 2.05) is 6.92 Å². The van der Waals surface area contributed by atoms with Gasteiger partial charge in [0.15, 0.2) is 0 Å². The number of hydrogen-bond donors (Lipinski definition) is 2. The van der Waals surface area contributed by atoms with E-state index in [0.29, 0.717) is 24.4 Å². The molecule has 0 heterocycles. The summed E-state index contributed by atoms with van der Waals surface area (Å²) >= 11 is 0. The van der Waals surface area contributed by atoms with Crippen LogP contribution in [0.25, 0.3) is 0 Å². The van der Waals surface area contributed by atoms with Crippen LogP contribution in [0, 0.1) is 16.0 Å². The predicted molar refractivity (Wildman–Crippen MR) is 94.7 cm³/mol. The maximum atomic E-state index is 11.7. The van der Waals surface area contributed by atoms with Gasteiger partial charge in [-0.1, -0.05) is 26.2 Å². The van der Waals surface area contributed by atoms with Crippen molar-refractivity contribution in [3.8, 4) is 0 Å². The zero-order chi connectivity index (χ0) is 18.4. The fraction of sp³-hybridized carbons (Fsp3) is 0.611. The Hall–Kier alpha value is -2.15. The number of ether oxygens (including phenoxy) is 1. The predicted octanol–water partition coefficient (Wildman–Crippen LogP) is 3.51. The second-order valence-corrected chi connectivity index (χ2v) is 6.64. The Morgan fingerprint density at radius 1 is 1.44 bits per heavy atom. The largest absolute Gasteiger partial charge is 0.462 e. The van der Waals surface area contributed by atoms with E-state index in [-0.39, 0.29) is 24.4 Å². The van der Waals surface area contributed by atoms with Gasteiger partial charge in [0.25, 0.3) is 5.69 Å². The van der Waals surface area contributed by atoms with E-state index in [9.17, 15) is 20.0 Å². The zero-order valence-electron chi connectivity index (χ0n) is 14.8. The molecule has 1 aromatic rings. The van der Waals surface area contributed by atoms with Crippen LogP contribution in [0.15, 0.2) is 18.2 Å². The van der Waals surface area contributed by atoms with Crippen LogP contribution in [-0.2, 0) is 4.74 Å². The summed E-state index contributed by atoms with van der Waals surface area (Å²) in [5.74, 6) is -0.0554. The lowest BCUT2D eigenvalue weighted by molar-refractivity contribution is -0.384. The highest BCUT2D eigenvalue weighted by atomic mass is 16.6. The molecule has 2 rings (SSSR count). The van der Waals surface area contributed by atoms with Crippen LogP contribution in [0.2, 0.25) is 0 Å². The van der Waals surface area contributed by atoms with Gasteiger partial charge >= 0.3 is 5.97 Å². The van der Waals surface area contributed by atoms with E-state index >= 15 is 0 Å². The molecular weight excluding hydrogens is 324 g/mol. The minimum Gasteiger partial charge on any atom is -0.462 e. The summed E-state index contributed by atoms with van der Waals surface area (Å²) in [7, 11) is 0. The molecule has 0 aliphatic heterocycles. The molecule has 1 aliphatic carbocycles. The maximum Gasteiger partial charge on any atom is 0.338 e. The molecule has 1 saturated carbocycles. The first-order valence-corrected chi connectivity index (χ1v) is 8.80. The van der Waals surface area contributed by atoms with E-state index in [4.69, 9.17) is 4.74 Å². The smallest absolute Gasteiger partial charge is 0.338 e. The number of nitrogens with one attached hydrogen (secondary N) is 1. The topological polar surface area (TPSA) is 102 Å². The lowest BCUT2D eigenvalue weighted by Gasteiger charge is -2.35. The van der Waals surface area contributed by atoms with Crippen molar-refractivity contribution < 1.29 is 19.6 Å². The minimum absolute atomic E-state index is 0.138. The van der Waals surface area contributed by atoms with Crippen molar-refractivity contribution in [2.45, 2.75) is 51.6 Å². The third kappa shape index (κ3) is 4.92. The fourth-order valence-corrected chi connectivity index (χ4v) is 3.01. The molecular formula is C18H26N2O5. The number of benzene rings is 1. The molecule has 2 N–H and O–H groups in total. The minimum atomic E-state index is -0.890. The van der Waals surface area contributed by atoms with Crippen LogP contribution in [0.3, 0.4) is 0 Å². The second-order valence-electron chi connectivity index (χ2n) is 6.64. The van der Waals surface area contributed by atoms with Crippen molar-refractivity contribution in [1.82, 2.24) is 0 Å². The number of aliphatic hydroxyl groups is 1. The summed E-state index contributed by atoms with van der Waals surface area (Å²) in [6.07, 6.45) is 4.75. The lowest BCUT2D eigenvalue weighted by atomic mass is 9.76. The number of esters is 1. The van der Waals surface area contributed by atoms with Crippen LogP contribution >= 0.6 is 0 Å². The van der Waals surface area contributed by atoms with Gasteiger partial charge in [-0.15, -0.1) is 0 Å². The molecule has 0 spiro atoms. The van der Waals surface area contributed by atoms with E-state index in [2.05, 4.69) is 5.32 Å². The van der Waals surface area contributed by atoms with Crippen molar-refractivity contribution in [3.63, 3.8) is 0 Å². The van der Waals surface area contributed by atoms with Gasteiger partial charge in [-0.05, 0) is 37.8 Å². The van der Waals surface area contributed by atoms with Crippen LogP contribution in [0.4, 0.5) is 11.4 Å². The fourth-order valence-electron chi connectivity index (χ4n) is 3.01. The normalized spacial score (nSPS) is 16.6. The van der Waals surface area contributed by atoms with Crippen LogP contribution in [0.5, 0.6) is 0 Å². The number of anilines is 1. The molecule has 25 heavy (non-hydrogen) atoms. The number of nitro benzene ring substituents is 1. The Bertz CT molecular complexity index is 630. The first-order valence-electron chi connectivity index (χ1n) is 8.80. The van der Waals surface area contributed by atoms with Crippen molar-refractivity contribution >= 4 is 17.3 Å². The van der Waals surface area contributed by atoms with E-state index in [1.54, 1.807) is 6.92 Å². The van der Waals surface area contributed by atoms with E-state index in [0.717, 1.165) is 12.8 Å². The summed E-state index contributed by atoms with van der Waals surface area (Å²) in [5, 5.41) is 25.1. The Morgan fingerprint density at radius 2 is 2.16 bits per heavy atom.